The Morgan fingerprint density at radius 2 is 1.65 bits per heavy atom. The maximum Gasteiger partial charge on any atom is 0.104 e. The SMILES string of the molecule is OC1(c2ccc(Cl)s2)C2CC3CC(C2)CC1C3. The lowest BCUT2D eigenvalue weighted by Gasteiger charge is -2.58. The van der Waals surface area contributed by atoms with Crippen molar-refractivity contribution in [2.45, 2.75) is 37.7 Å². The molecule has 1 aromatic rings. The highest BCUT2D eigenvalue weighted by Crippen LogP contribution is 2.62. The van der Waals surface area contributed by atoms with Gasteiger partial charge in [-0.3, -0.25) is 0 Å². The number of thiophene rings is 1. The molecule has 4 aliphatic rings. The van der Waals surface area contributed by atoms with Crippen molar-refractivity contribution < 1.29 is 5.11 Å². The van der Waals surface area contributed by atoms with Gasteiger partial charge in [-0.2, -0.15) is 0 Å². The summed E-state index contributed by atoms with van der Waals surface area (Å²) < 4.78 is 0.808. The van der Waals surface area contributed by atoms with Gasteiger partial charge >= 0.3 is 0 Å². The van der Waals surface area contributed by atoms with E-state index in [-0.39, 0.29) is 0 Å². The third-order valence-corrected chi connectivity index (χ3v) is 6.72. The molecule has 0 unspecified atom stereocenters. The van der Waals surface area contributed by atoms with Gasteiger partial charge in [0, 0.05) is 4.88 Å². The quantitative estimate of drug-likeness (QED) is 0.815. The second-order valence-electron chi connectivity index (χ2n) is 6.23. The van der Waals surface area contributed by atoms with E-state index < -0.39 is 5.60 Å². The maximum atomic E-state index is 11.2. The number of halogens is 1. The molecule has 17 heavy (non-hydrogen) atoms. The van der Waals surface area contributed by atoms with Crippen molar-refractivity contribution >= 4 is 22.9 Å². The Hall–Kier alpha value is -0.0500. The van der Waals surface area contributed by atoms with E-state index in [9.17, 15) is 5.11 Å². The first kappa shape index (κ1) is 10.8. The first-order valence-corrected chi connectivity index (χ1v) is 7.84. The molecule has 0 amide bonds. The average Bonchev–Trinajstić information content (AvgIpc) is 2.72. The molecule has 92 valence electrons. The van der Waals surface area contributed by atoms with Gasteiger partial charge in [0.1, 0.15) is 5.60 Å². The van der Waals surface area contributed by atoms with Crippen molar-refractivity contribution in [3.8, 4) is 0 Å². The molecule has 0 aromatic carbocycles. The second-order valence-corrected chi connectivity index (χ2v) is 7.95. The normalized spacial score (nSPS) is 47.6. The van der Waals surface area contributed by atoms with Crippen molar-refractivity contribution in [1.82, 2.24) is 0 Å². The molecule has 5 rings (SSSR count). The van der Waals surface area contributed by atoms with Crippen molar-refractivity contribution in [3.05, 3.63) is 21.3 Å². The summed E-state index contributed by atoms with van der Waals surface area (Å²) in [7, 11) is 0. The van der Waals surface area contributed by atoms with E-state index in [1.165, 1.54) is 32.1 Å². The molecule has 1 N–H and O–H groups in total. The molecule has 1 heterocycles. The predicted molar refractivity (Wildman–Crippen MR) is 70.3 cm³/mol. The Balaban J connectivity index is 1.78. The van der Waals surface area contributed by atoms with Crippen LogP contribution >= 0.6 is 22.9 Å². The van der Waals surface area contributed by atoms with E-state index in [1.807, 2.05) is 6.07 Å². The molecular weight excluding hydrogens is 252 g/mol. The van der Waals surface area contributed by atoms with E-state index in [0.29, 0.717) is 11.8 Å². The fraction of sp³-hybridized carbons (Fsp3) is 0.714. The first-order valence-electron chi connectivity index (χ1n) is 6.64. The Bertz CT molecular complexity index is 425. The van der Waals surface area contributed by atoms with Gasteiger partial charge in [0.05, 0.1) is 4.34 Å². The minimum absolute atomic E-state index is 0.494. The minimum Gasteiger partial charge on any atom is -0.384 e. The van der Waals surface area contributed by atoms with Crippen LogP contribution in [0.2, 0.25) is 4.34 Å². The molecule has 3 heteroatoms. The Morgan fingerprint density at radius 3 is 2.12 bits per heavy atom. The van der Waals surface area contributed by atoms with Crippen molar-refractivity contribution in [1.29, 1.82) is 0 Å². The molecular formula is C14H17ClOS. The molecule has 4 aliphatic carbocycles. The lowest BCUT2D eigenvalue weighted by molar-refractivity contribution is -0.177. The van der Waals surface area contributed by atoms with Crippen LogP contribution in [0.4, 0.5) is 0 Å². The van der Waals surface area contributed by atoms with Crippen LogP contribution in [0.25, 0.3) is 0 Å². The van der Waals surface area contributed by atoms with Gasteiger partial charge in [-0.15, -0.1) is 11.3 Å². The summed E-state index contributed by atoms with van der Waals surface area (Å²) in [6.07, 6.45) is 6.37. The molecule has 0 radical (unpaired) electrons. The van der Waals surface area contributed by atoms with Crippen molar-refractivity contribution in [2.24, 2.45) is 23.7 Å². The van der Waals surface area contributed by atoms with Gasteiger partial charge in [0.2, 0.25) is 0 Å². The van der Waals surface area contributed by atoms with Crippen LogP contribution in [-0.4, -0.2) is 5.11 Å². The van der Waals surface area contributed by atoms with Gasteiger partial charge in [0.25, 0.3) is 0 Å². The van der Waals surface area contributed by atoms with Crippen LogP contribution in [-0.2, 0) is 5.60 Å². The molecule has 0 saturated heterocycles. The summed E-state index contributed by atoms with van der Waals surface area (Å²) in [5.41, 5.74) is -0.550. The smallest absolute Gasteiger partial charge is 0.104 e. The van der Waals surface area contributed by atoms with Gasteiger partial charge < -0.3 is 5.11 Å². The van der Waals surface area contributed by atoms with Crippen LogP contribution in [0.1, 0.15) is 37.0 Å². The first-order chi connectivity index (χ1) is 8.16. The second kappa shape index (κ2) is 3.49. The van der Waals surface area contributed by atoms with Gasteiger partial charge in [-0.25, -0.2) is 0 Å². The Kier molecular flexibility index (Phi) is 2.23. The largest absolute Gasteiger partial charge is 0.384 e. The molecule has 4 fully saturated rings. The zero-order valence-electron chi connectivity index (χ0n) is 9.73. The molecule has 4 bridgehead atoms. The van der Waals surface area contributed by atoms with Crippen molar-refractivity contribution in [3.63, 3.8) is 0 Å². The molecule has 0 spiro atoms. The lowest BCUT2D eigenvalue weighted by atomic mass is 9.49. The zero-order valence-corrected chi connectivity index (χ0v) is 11.3. The Labute approximate surface area is 111 Å². The number of aliphatic hydroxyl groups is 1. The van der Waals surface area contributed by atoms with E-state index in [2.05, 4.69) is 6.07 Å². The number of rotatable bonds is 1. The summed E-state index contributed by atoms with van der Waals surface area (Å²) in [5, 5.41) is 11.2. The van der Waals surface area contributed by atoms with Gasteiger partial charge in [-0.1, -0.05) is 11.6 Å². The third-order valence-electron chi connectivity index (χ3n) is 5.35. The number of hydrogen-bond donors (Lipinski definition) is 1. The van der Waals surface area contributed by atoms with E-state index >= 15 is 0 Å². The summed E-state index contributed by atoms with van der Waals surface area (Å²) in [6, 6.07) is 3.99. The summed E-state index contributed by atoms with van der Waals surface area (Å²) in [5.74, 6) is 2.78. The average molecular weight is 269 g/mol. The molecule has 0 aliphatic heterocycles. The highest BCUT2D eigenvalue weighted by atomic mass is 35.5. The lowest BCUT2D eigenvalue weighted by Crippen LogP contribution is -2.55. The topological polar surface area (TPSA) is 20.2 Å². The standard InChI is InChI=1S/C14H17ClOS/c15-13-2-1-12(17-13)14(16)10-4-8-3-9(6-10)7-11(14)5-8/h1-2,8-11,16H,3-7H2. The molecule has 0 atom stereocenters. The maximum absolute atomic E-state index is 11.2. The molecule has 4 saturated carbocycles. The minimum atomic E-state index is -0.550. The predicted octanol–water partition coefficient (Wildman–Crippen LogP) is 4.05. The van der Waals surface area contributed by atoms with E-state index in [1.54, 1.807) is 11.3 Å². The molecule has 1 aromatic heterocycles. The highest BCUT2D eigenvalue weighted by molar-refractivity contribution is 7.16. The highest BCUT2D eigenvalue weighted by Gasteiger charge is 2.57. The molecule has 1 nitrogen and oxygen atoms in total. The van der Waals surface area contributed by atoms with Gasteiger partial charge in [-0.05, 0) is 67.9 Å². The number of hydrogen-bond acceptors (Lipinski definition) is 2. The Morgan fingerprint density at radius 1 is 1.06 bits per heavy atom. The summed E-state index contributed by atoms with van der Waals surface area (Å²) >= 11 is 7.62. The zero-order chi connectivity index (χ0) is 11.6. The van der Waals surface area contributed by atoms with Crippen LogP contribution in [0.5, 0.6) is 0 Å². The van der Waals surface area contributed by atoms with E-state index in [0.717, 1.165) is 21.0 Å². The monoisotopic (exact) mass is 268 g/mol. The fourth-order valence-electron chi connectivity index (χ4n) is 4.83. The van der Waals surface area contributed by atoms with Gasteiger partial charge in [0.15, 0.2) is 0 Å². The van der Waals surface area contributed by atoms with Crippen LogP contribution in [0, 0.1) is 23.7 Å². The van der Waals surface area contributed by atoms with E-state index in [4.69, 9.17) is 11.6 Å². The van der Waals surface area contributed by atoms with Crippen LogP contribution < -0.4 is 0 Å². The van der Waals surface area contributed by atoms with Crippen LogP contribution in [0.3, 0.4) is 0 Å². The van der Waals surface area contributed by atoms with Crippen molar-refractivity contribution in [2.75, 3.05) is 0 Å². The summed E-state index contributed by atoms with van der Waals surface area (Å²) in [4.78, 5) is 1.12. The fourth-order valence-corrected chi connectivity index (χ4v) is 6.13. The third kappa shape index (κ3) is 1.41. The summed E-state index contributed by atoms with van der Waals surface area (Å²) in [6.45, 7) is 0. The van der Waals surface area contributed by atoms with Crippen LogP contribution in [0.15, 0.2) is 12.1 Å².